The van der Waals surface area contributed by atoms with Crippen molar-refractivity contribution in [2.24, 2.45) is 0 Å². The standard InChI is InChI=1S/C17H11FN4O3/c18-16-7-6-14(22(24)25)9-15(16)17(23)8-3-12-1-4-13(5-2-12)21-11-19-10-20-21/h1-11H/b8-3+. The number of halogens is 1. The van der Waals surface area contributed by atoms with E-state index in [4.69, 9.17) is 0 Å². The van der Waals surface area contributed by atoms with Gasteiger partial charge in [0.1, 0.15) is 18.5 Å². The number of hydrogen-bond acceptors (Lipinski definition) is 5. The molecular weight excluding hydrogens is 327 g/mol. The maximum atomic E-state index is 13.7. The first-order valence-electron chi connectivity index (χ1n) is 7.16. The molecule has 0 saturated heterocycles. The van der Waals surface area contributed by atoms with Crippen LogP contribution in [-0.4, -0.2) is 25.5 Å². The quantitative estimate of drug-likeness (QED) is 0.308. The first-order chi connectivity index (χ1) is 12.0. The number of nitro benzene ring substituents is 1. The maximum Gasteiger partial charge on any atom is 0.270 e. The summed E-state index contributed by atoms with van der Waals surface area (Å²) < 4.78 is 15.3. The van der Waals surface area contributed by atoms with Gasteiger partial charge < -0.3 is 0 Å². The highest BCUT2D eigenvalue weighted by Crippen LogP contribution is 2.18. The van der Waals surface area contributed by atoms with E-state index in [0.29, 0.717) is 5.56 Å². The van der Waals surface area contributed by atoms with Crippen molar-refractivity contribution in [3.05, 3.63) is 88.3 Å². The van der Waals surface area contributed by atoms with Gasteiger partial charge >= 0.3 is 0 Å². The van der Waals surface area contributed by atoms with Crippen molar-refractivity contribution in [2.45, 2.75) is 0 Å². The van der Waals surface area contributed by atoms with Crippen molar-refractivity contribution in [1.29, 1.82) is 0 Å². The molecule has 3 rings (SSSR count). The molecule has 1 heterocycles. The minimum atomic E-state index is -0.804. The van der Waals surface area contributed by atoms with E-state index in [0.717, 1.165) is 23.9 Å². The van der Waals surface area contributed by atoms with Crippen molar-refractivity contribution in [2.75, 3.05) is 0 Å². The number of nitro groups is 1. The van der Waals surface area contributed by atoms with Crippen LogP contribution in [0.1, 0.15) is 15.9 Å². The molecule has 0 aliphatic heterocycles. The van der Waals surface area contributed by atoms with Crippen molar-refractivity contribution >= 4 is 17.5 Å². The molecule has 0 saturated carbocycles. The Morgan fingerprint density at radius 1 is 1.20 bits per heavy atom. The highest BCUT2D eigenvalue weighted by Gasteiger charge is 2.15. The van der Waals surface area contributed by atoms with Gasteiger partial charge in [0.25, 0.3) is 5.69 Å². The summed E-state index contributed by atoms with van der Waals surface area (Å²) in [7, 11) is 0. The van der Waals surface area contributed by atoms with E-state index in [1.807, 2.05) is 0 Å². The number of carbonyl (C=O) groups is 1. The SMILES string of the molecule is O=C(/C=C/c1ccc(-n2cncn2)cc1)c1cc([N+](=O)[O-])ccc1F. The topological polar surface area (TPSA) is 90.9 Å². The van der Waals surface area contributed by atoms with Gasteiger partial charge in [-0.05, 0) is 29.8 Å². The minimum absolute atomic E-state index is 0.338. The number of allylic oxidation sites excluding steroid dienone is 1. The van der Waals surface area contributed by atoms with Crippen LogP contribution in [0.3, 0.4) is 0 Å². The number of rotatable bonds is 5. The predicted octanol–water partition coefficient (Wildman–Crippen LogP) is 3.21. The Labute approximate surface area is 141 Å². The molecule has 0 amide bonds. The summed E-state index contributed by atoms with van der Waals surface area (Å²) in [5.74, 6) is -1.46. The van der Waals surface area contributed by atoms with Crippen LogP contribution in [0, 0.1) is 15.9 Å². The Kier molecular flexibility index (Phi) is 4.42. The van der Waals surface area contributed by atoms with Gasteiger partial charge in [-0.3, -0.25) is 14.9 Å². The van der Waals surface area contributed by atoms with Gasteiger partial charge in [-0.2, -0.15) is 5.10 Å². The maximum absolute atomic E-state index is 13.7. The van der Waals surface area contributed by atoms with Crippen LogP contribution in [0.5, 0.6) is 0 Å². The molecule has 3 aromatic rings. The molecule has 0 unspecified atom stereocenters. The van der Waals surface area contributed by atoms with Gasteiger partial charge in [0.05, 0.1) is 16.2 Å². The molecule has 8 heteroatoms. The van der Waals surface area contributed by atoms with Crippen LogP contribution in [0.25, 0.3) is 11.8 Å². The number of ketones is 1. The van der Waals surface area contributed by atoms with Gasteiger partial charge in [-0.1, -0.05) is 18.2 Å². The Hall–Kier alpha value is -3.68. The molecule has 0 aliphatic carbocycles. The molecule has 1 aromatic heterocycles. The highest BCUT2D eigenvalue weighted by atomic mass is 19.1. The summed E-state index contributed by atoms with van der Waals surface area (Å²) >= 11 is 0. The first kappa shape index (κ1) is 16.2. The molecule has 0 aliphatic rings. The zero-order valence-corrected chi connectivity index (χ0v) is 12.7. The Morgan fingerprint density at radius 3 is 2.60 bits per heavy atom. The van der Waals surface area contributed by atoms with E-state index in [-0.39, 0.29) is 11.3 Å². The molecule has 0 bridgehead atoms. The van der Waals surface area contributed by atoms with Crippen molar-refractivity contribution in [3.8, 4) is 5.69 Å². The fourth-order valence-electron chi connectivity index (χ4n) is 2.16. The highest BCUT2D eigenvalue weighted by molar-refractivity contribution is 6.07. The number of aromatic nitrogens is 3. The molecule has 0 N–H and O–H groups in total. The average Bonchev–Trinajstić information content (AvgIpc) is 3.15. The van der Waals surface area contributed by atoms with Crippen molar-refractivity contribution in [1.82, 2.24) is 14.8 Å². The minimum Gasteiger partial charge on any atom is -0.289 e. The van der Waals surface area contributed by atoms with Gasteiger partial charge in [0.2, 0.25) is 0 Å². The molecule has 0 fully saturated rings. The summed E-state index contributed by atoms with van der Waals surface area (Å²) in [5, 5.41) is 14.7. The average molecular weight is 338 g/mol. The summed E-state index contributed by atoms with van der Waals surface area (Å²) in [6, 6.07) is 9.93. The predicted molar refractivity (Wildman–Crippen MR) is 87.8 cm³/mol. The van der Waals surface area contributed by atoms with Crippen LogP contribution in [0.2, 0.25) is 0 Å². The second-order valence-electron chi connectivity index (χ2n) is 5.05. The van der Waals surface area contributed by atoms with Crippen LogP contribution < -0.4 is 0 Å². The van der Waals surface area contributed by atoms with Gasteiger partial charge in [-0.25, -0.2) is 14.1 Å². The van der Waals surface area contributed by atoms with E-state index in [2.05, 4.69) is 10.1 Å². The van der Waals surface area contributed by atoms with Gasteiger partial charge in [-0.15, -0.1) is 0 Å². The second-order valence-corrected chi connectivity index (χ2v) is 5.05. The number of non-ortho nitro benzene ring substituents is 1. The smallest absolute Gasteiger partial charge is 0.270 e. The monoisotopic (exact) mass is 338 g/mol. The Balaban J connectivity index is 1.79. The normalized spacial score (nSPS) is 10.9. The molecule has 0 atom stereocenters. The van der Waals surface area contributed by atoms with Gasteiger partial charge in [0.15, 0.2) is 5.78 Å². The van der Waals surface area contributed by atoms with E-state index in [1.54, 1.807) is 35.3 Å². The third-order valence-electron chi connectivity index (χ3n) is 3.43. The van der Waals surface area contributed by atoms with Crippen LogP contribution in [0.4, 0.5) is 10.1 Å². The Bertz CT molecular complexity index is 951. The lowest BCUT2D eigenvalue weighted by atomic mass is 10.1. The van der Waals surface area contributed by atoms with E-state index in [1.165, 1.54) is 18.5 Å². The van der Waals surface area contributed by atoms with E-state index < -0.39 is 16.5 Å². The fourth-order valence-corrected chi connectivity index (χ4v) is 2.16. The fraction of sp³-hybridized carbons (Fsp3) is 0. The van der Waals surface area contributed by atoms with E-state index in [9.17, 15) is 19.3 Å². The van der Waals surface area contributed by atoms with Crippen LogP contribution in [-0.2, 0) is 0 Å². The van der Waals surface area contributed by atoms with Crippen LogP contribution in [0.15, 0.2) is 61.2 Å². The lowest BCUT2D eigenvalue weighted by Gasteiger charge is -2.01. The van der Waals surface area contributed by atoms with E-state index >= 15 is 0 Å². The molecule has 124 valence electrons. The third-order valence-corrected chi connectivity index (χ3v) is 3.43. The van der Waals surface area contributed by atoms with Crippen molar-refractivity contribution in [3.63, 3.8) is 0 Å². The van der Waals surface area contributed by atoms with Gasteiger partial charge in [0, 0.05) is 12.1 Å². The largest absolute Gasteiger partial charge is 0.289 e. The molecule has 7 nitrogen and oxygen atoms in total. The number of nitrogens with zero attached hydrogens (tertiary/aromatic N) is 4. The van der Waals surface area contributed by atoms with Crippen molar-refractivity contribution < 1.29 is 14.1 Å². The zero-order valence-electron chi connectivity index (χ0n) is 12.7. The number of benzene rings is 2. The summed E-state index contributed by atoms with van der Waals surface area (Å²) in [5.41, 5.74) is 0.828. The third kappa shape index (κ3) is 3.63. The number of carbonyl (C=O) groups excluding carboxylic acids is 1. The molecule has 2 aromatic carbocycles. The summed E-state index contributed by atoms with van der Waals surface area (Å²) in [6.07, 6.45) is 5.65. The summed E-state index contributed by atoms with van der Waals surface area (Å²) in [6.45, 7) is 0. The number of hydrogen-bond donors (Lipinski definition) is 0. The first-order valence-corrected chi connectivity index (χ1v) is 7.16. The lowest BCUT2D eigenvalue weighted by molar-refractivity contribution is -0.384. The summed E-state index contributed by atoms with van der Waals surface area (Å²) in [4.78, 5) is 26.0. The molecule has 0 radical (unpaired) electrons. The second kappa shape index (κ2) is 6.83. The van der Waals surface area contributed by atoms with Crippen LogP contribution >= 0.6 is 0 Å². The Morgan fingerprint density at radius 2 is 1.96 bits per heavy atom. The zero-order chi connectivity index (χ0) is 17.8. The lowest BCUT2D eigenvalue weighted by Crippen LogP contribution is -2.00. The molecule has 25 heavy (non-hydrogen) atoms. The molecular formula is C17H11FN4O3. The molecule has 0 spiro atoms.